The minimum atomic E-state index is -0.694. The van der Waals surface area contributed by atoms with Crippen LogP contribution in [0.1, 0.15) is 6.92 Å². The van der Waals surface area contributed by atoms with Crippen molar-refractivity contribution < 1.29 is 14.9 Å². The van der Waals surface area contributed by atoms with Crippen molar-refractivity contribution in [2.75, 3.05) is 20.3 Å². The molecule has 0 saturated heterocycles. The molecule has 0 aromatic rings. The predicted octanol–water partition coefficient (Wildman–Crippen LogP) is -1.05. The first-order valence-electron chi connectivity index (χ1n) is 3.67. The van der Waals surface area contributed by atoms with E-state index in [4.69, 9.17) is 15.6 Å². The summed E-state index contributed by atoms with van der Waals surface area (Å²) in [5.41, 5.74) is 5.39. The zero-order chi connectivity index (χ0) is 8.85. The number of hydrogen-bond donors (Lipinski definition) is 3. The van der Waals surface area contributed by atoms with Gasteiger partial charge in [0.25, 0.3) is 0 Å². The normalized spacial score (nSPS) is 19.4. The molecule has 0 aromatic carbocycles. The standard InChI is InChI=1S/C7H17NO3/c1-5(4-11-2)7(10)6(8)3-9/h5-7,9-10H,3-4,8H2,1-2H3. The van der Waals surface area contributed by atoms with Gasteiger partial charge in [0.15, 0.2) is 0 Å². The zero-order valence-electron chi connectivity index (χ0n) is 7.03. The fourth-order valence-corrected chi connectivity index (χ4v) is 0.891. The number of nitrogens with two attached hydrogens (primary N) is 1. The van der Waals surface area contributed by atoms with Crippen molar-refractivity contribution in [2.24, 2.45) is 11.7 Å². The first-order chi connectivity index (χ1) is 5.13. The minimum absolute atomic E-state index is 0.0397. The number of aliphatic hydroxyl groups excluding tert-OH is 2. The van der Waals surface area contributed by atoms with Crippen molar-refractivity contribution in [2.45, 2.75) is 19.1 Å². The summed E-state index contributed by atoms with van der Waals surface area (Å²) in [6.07, 6.45) is -0.694. The lowest BCUT2D eigenvalue weighted by Crippen LogP contribution is -2.43. The first-order valence-corrected chi connectivity index (χ1v) is 3.67. The number of rotatable bonds is 5. The first kappa shape index (κ1) is 10.8. The Morgan fingerprint density at radius 3 is 2.45 bits per heavy atom. The van der Waals surface area contributed by atoms with Crippen molar-refractivity contribution in [1.82, 2.24) is 0 Å². The molecule has 0 saturated carbocycles. The van der Waals surface area contributed by atoms with Gasteiger partial charge < -0.3 is 20.7 Å². The summed E-state index contributed by atoms with van der Waals surface area (Å²) >= 11 is 0. The van der Waals surface area contributed by atoms with Crippen LogP contribution in [0.4, 0.5) is 0 Å². The average molecular weight is 163 g/mol. The fourth-order valence-electron chi connectivity index (χ4n) is 0.891. The lowest BCUT2D eigenvalue weighted by Gasteiger charge is -2.22. The maximum atomic E-state index is 9.35. The highest BCUT2D eigenvalue weighted by Gasteiger charge is 2.20. The maximum absolute atomic E-state index is 9.35. The molecule has 4 N–H and O–H groups in total. The molecule has 0 aliphatic carbocycles. The third kappa shape index (κ3) is 3.67. The molecule has 0 aliphatic heterocycles. The lowest BCUT2D eigenvalue weighted by atomic mass is 10.00. The summed E-state index contributed by atoms with van der Waals surface area (Å²) < 4.78 is 4.82. The van der Waals surface area contributed by atoms with Gasteiger partial charge in [-0.05, 0) is 0 Å². The second-order valence-electron chi connectivity index (χ2n) is 2.77. The Morgan fingerprint density at radius 2 is 2.09 bits per heavy atom. The molecule has 4 nitrogen and oxygen atoms in total. The molecule has 0 rings (SSSR count). The smallest absolute Gasteiger partial charge is 0.0760 e. The zero-order valence-corrected chi connectivity index (χ0v) is 7.03. The van der Waals surface area contributed by atoms with Crippen LogP contribution in [-0.4, -0.2) is 42.7 Å². The highest BCUT2D eigenvalue weighted by Crippen LogP contribution is 2.05. The van der Waals surface area contributed by atoms with Crippen LogP contribution >= 0.6 is 0 Å². The van der Waals surface area contributed by atoms with E-state index in [0.717, 1.165) is 0 Å². The van der Waals surface area contributed by atoms with Gasteiger partial charge in [-0.1, -0.05) is 6.92 Å². The largest absolute Gasteiger partial charge is 0.395 e. The fraction of sp³-hybridized carbons (Fsp3) is 1.00. The highest BCUT2D eigenvalue weighted by atomic mass is 16.5. The van der Waals surface area contributed by atoms with Gasteiger partial charge in [-0.25, -0.2) is 0 Å². The second kappa shape index (κ2) is 5.49. The molecule has 0 fully saturated rings. The third-order valence-corrected chi connectivity index (χ3v) is 1.66. The Hall–Kier alpha value is -0.160. The molecule has 0 amide bonds. The Labute approximate surface area is 67.0 Å². The average Bonchev–Trinajstić information content (AvgIpc) is 2.02. The topological polar surface area (TPSA) is 75.7 Å². The molecular weight excluding hydrogens is 146 g/mol. The molecule has 3 atom stereocenters. The van der Waals surface area contributed by atoms with Crippen LogP contribution in [0.2, 0.25) is 0 Å². The maximum Gasteiger partial charge on any atom is 0.0760 e. The summed E-state index contributed by atoms with van der Waals surface area (Å²) in [7, 11) is 1.56. The van der Waals surface area contributed by atoms with Gasteiger partial charge in [-0.2, -0.15) is 0 Å². The van der Waals surface area contributed by atoms with E-state index in [1.54, 1.807) is 7.11 Å². The highest BCUT2D eigenvalue weighted by molar-refractivity contribution is 4.75. The Morgan fingerprint density at radius 1 is 1.55 bits per heavy atom. The van der Waals surface area contributed by atoms with E-state index >= 15 is 0 Å². The Balaban J connectivity index is 3.70. The van der Waals surface area contributed by atoms with E-state index in [1.807, 2.05) is 6.92 Å². The molecule has 0 aliphatic rings. The summed E-state index contributed by atoms with van der Waals surface area (Å²) in [6.45, 7) is 2.08. The summed E-state index contributed by atoms with van der Waals surface area (Å²) in [5, 5.41) is 17.9. The van der Waals surface area contributed by atoms with E-state index in [-0.39, 0.29) is 12.5 Å². The minimum Gasteiger partial charge on any atom is -0.395 e. The van der Waals surface area contributed by atoms with Gasteiger partial charge in [-0.3, -0.25) is 0 Å². The lowest BCUT2D eigenvalue weighted by molar-refractivity contribution is 0.0272. The SMILES string of the molecule is COCC(C)C(O)C(N)CO. The van der Waals surface area contributed by atoms with Crippen LogP contribution in [0.15, 0.2) is 0 Å². The van der Waals surface area contributed by atoms with Gasteiger partial charge in [0.1, 0.15) is 0 Å². The molecule has 68 valence electrons. The number of hydrogen-bond acceptors (Lipinski definition) is 4. The van der Waals surface area contributed by atoms with Gasteiger partial charge in [0.2, 0.25) is 0 Å². The number of methoxy groups -OCH3 is 1. The van der Waals surface area contributed by atoms with Gasteiger partial charge in [0, 0.05) is 13.0 Å². The summed E-state index contributed by atoms with van der Waals surface area (Å²) in [5.74, 6) is -0.0397. The number of ether oxygens (including phenoxy) is 1. The van der Waals surface area contributed by atoms with Crippen molar-refractivity contribution in [3.63, 3.8) is 0 Å². The van der Waals surface area contributed by atoms with Crippen LogP contribution in [0.5, 0.6) is 0 Å². The summed E-state index contributed by atoms with van der Waals surface area (Å²) in [4.78, 5) is 0. The van der Waals surface area contributed by atoms with E-state index in [9.17, 15) is 5.11 Å². The quantitative estimate of drug-likeness (QED) is 0.483. The van der Waals surface area contributed by atoms with E-state index in [0.29, 0.717) is 6.61 Å². The third-order valence-electron chi connectivity index (χ3n) is 1.66. The molecule has 0 heterocycles. The molecule has 3 unspecified atom stereocenters. The Bertz CT molecular complexity index is 99.7. The monoisotopic (exact) mass is 163 g/mol. The van der Waals surface area contributed by atoms with Gasteiger partial charge in [-0.15, -0.1) is 0 Å². The Kier molecular flexibility index (Phi) is 5.41. The molecule has 0 aromatic heterocycles. The van der Waals surface area contributed by atoms with Crippen molar-refractivity contribution >= 4 is 0 Å². The number of aliphatic hydroxyl groups is 2. The van der Waals surface area contributed by atoms with Crippen molar-refractivity contribution in [1.29, 1.82) is 0 Å². The van der Waals surface area contributed by atoms with E-state index in [2.05, 4.69) is 0 Å². The molecular formula is C7H17NO3. The summed E-state index contributed by atoms with van der Waals surface area (Å²) in [6, 6.07) is -0.569. The van der Waals surface area contributed by atoms with E-state index < -0.39 is 12.1 Å². The van der Waals surface area contributed by atoms with Crippen LogP contribution in [0, 0.1) is 5.92 Å². The van der Waals surface area contributed by atoms with Crippen LogP contribution in [0.3, 0.4) is 0 Å². The molecule has 11 heavy (non-hydrogen) atoms. The molecule has 0 radical (unpaired) electrons. The molecule has 4 heteroatoms. The van der Waals surface area contributed by atoms with Crippen molar-refractivity contribution in [3.05, 3.63) is 0 Å². The van der Waals surface area contributed by atoms with Crippen LogP contribution in [0.25, 0.3) is 0 Å². The van der Waals surface area contributed by atoms with E-state index in [1.165, 1.54) is 0 Å². The molecule has 0 spiro atoms. The van der Waals surface area contributed by atoms with Gasteiger partial charge in [0.05, 0.1) is 25.4 Å². The molecule has 0 bridgehead atoms. The van der Waals surface area contributed by atoms with Crippen LogP contribution < -0.4 is 5.73 Å². The second-order valence-corrected chi connectivity index (χ2v) is 2.77. The van der Waals surface area contributed by atoms with Crippen LogP contribution in [-0.2, 0) is 4.74 Å². The van der Waals surface area contributed by atoms with Gasteiger partial charge >= 0.3 is 0 Å². The van der Waals surface area contributed by atoms with Crippen molar-refractivity contribution in [3.8, 4) is 0 Å². The predicted molar refractivity (Wildman–Crippen MR) is 42.1 cm³/mol.